The van der Waals surface area contributed by atoms with Crippen LogP contribution < -0.4 is 10.1 Å². The third-order valence-electron chi connectivity index (χ3n) is 3.01. The topological polar surface area (TPSA) is 64.6 Å². The molecule has 0 atom stereocenters. The van der Waals surface area contributed by atoms with Crippen LogP contribution in [0, 0.1) is 0 Å². The van der Waals surface area contributed by atoms with E-state index in [4.69, 9.17) is 9.47 Å². The smallest absolute Gasteiger partial charge is 0.315 e. The van der Waals surface area contributed by atoms with Gasteiger partial charge in [0.25, 0.3) is 0 Å². The Morgan fingerprint density at radius 2 is 1.70 bits per heavy atom. The van der Waals surface area contributed by atoms with Crippen molar-refractivity contribution >= 4 is 17.6 Å². The number of para-hydroxylation sites is 2. The highest BCUT2D eigenvalue weighted by Gasteiger charge is 2.12. The number of amides is 1. The highest BCUT2D eigenvalue weighted by atomic mass is 16.5. The summed E-state index contributed by atoms with van der Waals surface area (Å²) in [6.07, 6.45) is -0.319. The van der Waals surface area contributed by atoms with Gasteiger partial charge < -0.3 is 14.8 Å². The van der Waals surface area contributed by atoms with Crippen LogP contribution in [-0.4, -0.2) is 18.5 Å². The van der Waals surface area contributed by atoms with Gasteiger partial charge in [-0.15, -0.1) is 0 Å². The Balaban J connectivity index is 1.97. The molecule has 1 amide bonds. The zero-order chi connectivity index (χ0) is 16.5. The number of carbonyl (C=O) groups is 2. The van der Waals surface area contributed by atoms with E-state index in [0.29, 0.717) is 18.0 Å². The fourth-order valence-corrected chi connectivity index (χ4v) is 1.97. The van der Waals surface area contributed by atoms with E-state index < -0.39 is 11.9 Å². The van der Waals surface area contributed by atoms with Gasteiger partial charge in [0.1, 0.15) is 18.8 Å². The van der Waals surface area contributed by atoms with Crippen molar-refractivity contribution in [2.45, 2.75) is 20.0 Å². The van der Waals surface area contributed by atoms with Gasteiger partial charge in [-0.3, -0.25) is 9.59 Å². The molecule has 23 heavy (non-hydrogen) atoms. The summed E-state index contributed by atoms with van der Waals surface area (Å²) in [5.74, 6) is -0.430. The molecule has 0 saturated carbocycles. The summed E-state index contributed by atoms with van der Waals surface area (Å²) in [4.78, 5) is 23.2. The molecule has 0 aliphatic rings. The van der Waals surface area contributed by atoms with Crippen LogP contribution >= 0.6 is 0 Å². The molecule has 0 fully saturated rings. The molecule has 0 spiro atoms. The molecule has 0 bridgehead atoms. The highest BCUT2D eigenvalue weighted by Crippen LogP contribution is 2.24. The fourth-order valence-electron chi connectivity index (χ4n) is 1.97. The molecule has 5 heteroatoms. The van der Waals surface area contributed by atoms with E-state index in [1.165, 1.54) is 0 Å². The van der Waals surface area contributed by atoms with E-state index in [1.807, 2.05) is 36.4 Å². The summed E-state index contributed by atoms with van der Waals surface area (Å²) in [5.41, 5.74) is 1.55. The summed E-state index contributed by atoms with van der Waals surface area (Å²) >= 11 is 0. The Morgan fingerprint density at radius 3 is 2.43 bits per heavy atom. The molecule has 120 valence electrons. The molecule has 0 aromatic heterocycles. The van der Waals surface area contributed by atoms with Crippen molar-refractivity contribution in [3.05, 3.63) is 60.2 Å². The van der Waals surface area contributed by atoms with Gasteiger partial charge in [-0.1, -0.05) is 42.5 Å². The number of ether oxygens (including phenoxy) is 2. The average Bonchev–Trinajstić information content (AvgIpc) is 2.55. The number of esters is 1. The van der Waals surface area contributed by atoms with E-state index in [9.17, 15) is 9.59 Å². The van der Waals surface area contributed by atoms with Crippen LogP contribution in [-0.2, 0) is 20.9 Å². The van der Waals surface area contributed by atoms with Gasteiger partial charge in [0.15, 0.2) is 0 Å². The Morgan fingerprint density at radius 1 is 1.00 bits per heavy atom. The van der Waals surface area contributed by atoms with Crippen molar-refractivity contribution in [1.82, 2.24) is 0 Å². The van der Waals surface area contributed by atoms with E-state index >= 15 is 0 Å². The quantitative estimate of drug-likeness (QED) is 0.630. The number of hydrogen-bond donors (Lipinski definition) is 1. The zero-order valence-corrected chi connectivity index (χ0v) is 13.0. The van der Waals surface area contributed by atoms with Gasteiger partial charge >= 0.3 is 5.97 Å². The Kier molecular flexibility index (Phi) is 6.17. The molecule has 0 unspecified atom stereocenters. The van der Waals surface area contributed by atoms with Gasteiger partial charge in [0, 0.05) is 0 Å². The molecule has 0 aliphatic carbocycles. The predicted molar refractivity (Wildman–Crippen MR) is 87.1 cm³/mol. The normalized spacial score (nSPS) is 9.96. The molecule has 2 aromatic carbocycles. The molecular formula is C18H19NO4. The Hall–Kier alpha value is -2.82. The SMILES string of the molecule is CCOC(=O)CC(=O)Nc1ccccc1OCc1ccccc1. The molecule has 2 rings (SSSR count). The van der Waals surface area contributed by atoms with E-state index in [0.717, 1.165) is 5.56 Å². The first-order valence-electron chi connectivity index (χ1n) is 7.40. The number of nitrogens with one attached hydrogen (secondary N) is 1. The molecule has 1 N–H and O–H groups in total. The van der Waals surface area contributed by atoms with Gasteiger partial charge in [0.05, 0.1) is 12.3 Å². The number of benzene rings is 2. The lowest BCUT2D eigenvalue weighted by Crippen LogP contribution is -2.18. The first kappa shape index (κ1) is 16.5. The van der Waals surface area contributed by atoms with Crippen molar-refractivity contribution in [1.29, 1.82) is 0 Å². The minimum Gasteiger partial charge on any atom is -0.487 e. The third kappa shape index (κ3) is 5.47. The van der Waals surface area contributed by atoms with Gasteiger partial charge in [-0.2, -0.15) is 0 Å². The van der Waals surface area contributed by atoms with Crippen LogP contribution in [0.5, 0.6) is 5.75 Å². The lowest BCUT2D eigenvalue weighted by molar-refractivity contribution is -0.145. The fraction of sp³-hybridized carbons (Fsp3) is 0.222. The van der Waals surface area contributed by atoms with Crippen molar-refractivity contribution in [2.24, 2.45) is 0 Å². The first-order chi connectivity index (χ1) is 11.2. The van der Waals surface area contributed by atoms with Crippen LogP contribution in [0.2, 0.25) is 0 Å². The second-order valence-electron chi connectivity index (χ2n) is 4.80. The maximum atomic E-state index is 11.9. The molecule has 0 aliphatic heterocycles. The molecule has 5 nitrogen and oxygen atoms in total. The summed E-state index contributed by atoms with van der Waals surface area (Å²) in [7, 11) is 0. The molecular weight excluding hydrogens is 294 g/mol. The van der Waals surface area contributed by atoms with Gasteiger partial charge in [-0.05, 0) is 24.6 Å². The minimum absolute atomic E-state index is 0.253. The molecule has 2 aromatic rings. The predicted octanol–water partition coefficient (Wildman–Crippen LogP) is 3.16. The van der Waals surface area contributed by atoms with Crippen molar-refractivity contribution < 1.29 is 19.1 Å². The number of rotatable bonds is 7. The number of carbonyl (C=O) groups excluding carboxylic acids is 2. The van der Waals surface area contributed by atoms with Crippen LogP contribution in [0.1, 0.15) is 18.9 Å². The van der Waals surface area contributed by atoms with Crippen LogP contribution in [0.3, 0.4) is 0 Å². The summed E-state index contributed by atoms with van der Waals surface area (Å²) < 4.78 is 10.5. The number of anilines is 1. The van der Waals surface area contributed by atoms with E-state index in [1.54, 1.807) is 25.1 Å². The van der Waals surface area contributed by atoms with Crippen LogP contribution in [0.4, 0.5) is 5.69 Å². The summed E-state index contributed by atoms with van der Waals surface area (Å²) in [6.45, 7) is 2.34. The lowest BCUT2D eigenvalue weighted by Gasteiger charge is -2.12. The molecule has 0 saturated heterocycles. The third-order valence-corrected chi connectivity index (χ3v) is 3.01. The maximum absolute atomic E-state index is 11.9. The zero-order valence-electron chi connectivity index (χ0n) is 13.0. The van der Waals surface area contributed by atoms with Crippen molar-refractivity contribution in [2.75, 3.05) is 11.9 Å². The molecule has 0 radical (unpaired) electrons. The van der Waals surface area contributed by atoms with E-state index in [-0.39, 0.29) is 13.0 Å². The summed E-state index contributed by atoms with van der Waals surface area (Å²) in [6, 6.07) is 16.8. The average molecular weight is 313 g/mol. The first-order valence-corrected chi connectivity index (χ1v) is 7.40. The lowest BCUT2D eigenvalue weighted by atomic mass is 10.2. The second kappa shape index (κ2) is 8.58. The second-order valence-corrected chi connectivity index (χ2v) is 4.80. The largest absolute Gasteiger partial charge is 0.487 e. The molecule has 0 heterocycles. The Bertz CT molecular complexity index is 655. The summed E-state index contributed by atoms with van der Waals surface area (Å²) in [5, 5.41) is 2.67. The van der Waals surface area contributed by atoms with E-state index in [2.05, 4.69) is 5.32 Å². The monoisotopic (exact) mass is 313 g/mol. The Labute approximate surface area is 135 Å². The standard InChI is InChI=1S/C18H19NO4/c1-2-22-18(21)12-17(20)19-15-10-6-7-11-16(15)23-13-14-8-4-3-5-9-14/h3-11H,2,12-13H2,1H3,(H,19,20). The van der Waals surface area contributed by atoms with Gasteiger partial charge in [0.2, 0.25) is 5.91 Å². The van der Waals surface area contributed by atoms with Crippen molar-refractivity contribution in [3.63, 3.8) is 0 Å². The van der Waals surface area contributed by atoms with Gasteiger partial charge in [-0.25, -0.2) is 0 Å². The number of hydrogen-bond acceptors (Lipinski definition) is 4. The maximum Gasteiger partial charge on any atom is 0.315 e. The minimum atomic E-state index is -0.548. The van der Waals surface area contributed by atoms with Crippen LogP contribution in [0.25, 0.3) is 0 Å². The van der Waals surface area contributed by atoms with Crippen molar-refractivity contribution in [3.8, 4) is 5.75 Å². The van der Waals surface area contributed by atoms with Crippen LogP contribution in [0.15, 0.2) is 54.6 Å². The highest BCUT2D eigenvalue weighted by molar-refractivity contribution is 6.02.